The van der Waals surface area contributed by atoms with Crippen LogP contribution in [0.15, 0.2) is 6.33 Å². The van der Waals surface area contributed by atoms with Crippen molar-refractivity contribution in [3.63, 3.8) is 0 Å². The Kier molecular flexibility index (Phi) is 2.72. The first kappa shape index (κ1) is 9.52. The number of nitrogen functional groups attached to an aromatic ring is 1. The number of H-pyrrole nitrogens is 1. The van der Waals surface area contributed by atoms with E-state index in [0.29, 0.717) is 10.8 Å². The highest BCUT2D eigenvalue weighted by Crippen LogP contribution is 2.25. The fourth-order valence-electron chi connectivity index (χ4n) is 1.77. The molecule has 1 saturated heterocycles. The SMILES string of the molecule is Nc1c(Cl)nc[nH+]c1N1CCCCC1. The Labute approximate surface area is 88.1 Å². The number of aromatic nitrogens is 2. The molecule has 0 aromatic carbocycles. The standard InChI is InChI=1S/C9H13ClN4/c10-8-7(11)9(13-6-12-8)14-4-2-1-3-5-14/h6H,1-5,11H2/p+1. The van der Waals surface area contributed by atoms with Crippen molar-refractivity contribution >= 4 is 23.1 Å². The van der Waals surface area contributed by atoms with Gasteiger partial charge in [0, 0.05) is 0 Å². The molecule has 76 valence electrons. The molecule has 0 atom stereocenters. The highest BCUT2D eigenvalue weighted by molar-refractivity contribution is 6.32. The van der Waals surface area contributed by atoms with E-state index in [9.17, 15) is 0 Å². The lowest BCUT2D eigenvalue weighted by molar-refractivity contribution is -0.368. The predicted octanol–water partition coefficient (Wildman–Crippen LogP) is 1.12. The van der Waals surface area contributed by atoms with Crippen molar-refractivity contribution < 1.29 is 4.98 Å². The number of nitrogens with two attached hydrogens (primary N) is 1. The molecule has 3 N–H and O–H groups in total. The molecule has 0 aliphatic carbocycles. The monoisotopic (exact) mass is 213 g/mol. The van der Waals surface area contributed by atoms with Gasteiger partial charge < -0.3 is 5.73 Å². The summed E-state index contributed by atoms with van der Waals surface area (Å²) in [5.74, 6) is 0.907. The maximum Gasteiger partial charge on any atom is 0.249 e. The third-order valence-corrected chi connectivity index (χ3v) is 2.83. The Hall–Kier alpha value is -1.03. The normalized spacial score (nSPS) is 17.1. The lowest BCUT2D eigenvalue weighted by atomic mass is 10.1. The molecule has 1 aliphatic heterocycles. The summed E-state index contributed by atoms with van der Waals surface area (Å²) in [6, 6.07) is 0. The molecule has 1 aromatic heterocycles. The van der Waals surface area contributed by atoms with Gasteiger partial charge in [0.1, 0.15) is 0 Å². The van der Waals surface area contributed by atoms with E-state index in [4.69, 9.17) is 17.3 Å². The number of rotatable bonds is 1. The van der Waals surface area contributed by atoms with Crippen molar-refractivity contribution in [1.82, 2.24) is 4.98 Å². The molecule has 0 saturated carbocycles. The van der Waals surface area contributed by atoms with E-state index in [0.717, 1.165) is 18.9 Å². The van der Waals surface area contributed by atoms with Crippen molar-refractivity contribution in [2.75, 3.05) is 23.7 Å². The van der Waals surface area contributed by atoms with Crippen LogP contribution in [0.4, 0.5) is 11.5 Å². The third-order valence-electron chi connectivity index (χ3n) is 2.53. The second-order valence-electron chi connectivity index (χ2n) is 3.50. The third kappa shape index (κ3) is 1.75. The minimum absolute atomic E-state index is 0.379. The van der Waals surface area contributed by atoms with E-state index >= 15 is 0 Å². The van der Waals surface area contributed by atoms with E-state index in [1.165, 1.54) is 19.3 Å². The van der Waals surface area contributed by atoms with E-state index in [2.05, 4.69) is 14.9 Å². The Morgan fingerprint density at radius 1 is 1.36 bits per heavy atom. The van der Waals surface area contributed by atoms with Gasteiger partial charge in [-0.2, -0.15) is 0 Å². The summed E-state index contributed by atoms with van der Waals surface area (Å²) in [4.78, 5) is 9.17. The summed E-state index contributed by atoms with van der Waals surface area (Å²) in [7, 11) is 0. The summed E-state index contributed by atoms with van der Waals surface area (Å²) >= 11 is 5.85. The van der Waals surface area contributed by atoms with Crippen LogP contribution in [0, 0.1) is 0 Å². The Morgan fingerprint density at radius 3 is 2.79 bits per heavy atom. The molecule has 2 heterocycles. The number of hydrogen-bond acceptors (Lipinski definition) is 3. The lowest BCUT2D eigenvalue weighted by Gasteiger charge is -2.23. The van der Waals surface area contributed by atoms with Crippen molar-refractivity contribution in [3.8, 4) is 0 Å². The summed E-state index contributed by atoms with van der Waals surface area (Å²) < 4.78 is 0. The maximum absolute atomic E-state index is 5.85. The van der Waals surface area contributed by atoms with Crippen LogP contribution in [-0.4, -0.2) is 18.1 Å². The van der Waals surface area contributed by atoms with Gasteiger partial charge in [-0.1, -0.05) is 4.98 Å². The van der Waals surface area contributed by atoms with Gasteiger partial charge in [0.25, 0.3) is 0 Å². The average Bonchev–Trinajstić information content (AvgIpc) is 2.23. The Balaban J connectivity index is 2.26. The van der Waals surface area contributed by atoms with E-state index in [1.54, 1.807) is 6.33 Å². The first-order chi connectivity index (χ1) is 6.79. The van der Waals surface area contributed by atoms with Crippen LogP contribution in [-0.2, 0) is 0 Å². The number of piperidine rings is 1. The van der Waals surface area contributed by atoms with Crippen LogP contribution < -0.4 is 15.6 Å². The van der Waals surface area contributed by atoms with Crippen LogP contribution in [0.3, 0.4) is 0 Å². The van der Waals surface area contributed by atoms with Crippen LogP contribution in [0.2, 0.25) is 5.15 Å². The number of anilines is 2. The second kappa shape index (κ2) is 4.00. The highest BCUT2D eigenvalue weighted by Gasteiger charge is 2.21. The fourth-order valence-corrected chi connectivity index (χ4v) is 1.91. The fraction of sp³-hybridized carbons (Fsp3) is 0.556. The van der Waals surface area contributed by atoms with Crippen molar-refractivity contribution in [2.45, 2.75) is 19.3 Å². The molecule has 4 nitrogen and oxygen atoms in total. The molecular weight excluding hydrogens is 200 g/mol. The zero-order chi connectivity index (χ0) is 9.97. The summed E-state index contributed by atoms with van der Waals surface area (Å²) in [6.07, 6.45) is 5.32. The average molecular weight is 214 g/mol. The minimum atomic E-state index is 0.379. The van der Waals surface area contributed by atoms with Gasteiger partial charge >= 0.3 is 0 Å². The second-order valence-corrected chi connectivity index (χ2v) is 3.86. The topological polar surface area (TPSA) is 56.3 Å². The zero-order valence-corrected chi connectivity index (χ0v) is 8.72. The van der Waals surface area contributed by atoms with Crippen LogP contribution >= 0.6 is 11.6 Å². The van der Waals surface area contributed by atoms with Gasteiger partial charge in [-0.15, -0.1) is 0 Å². The molecule has 1 aromatic rings. The molecule has 0 radical (unpaired) electrons. The quantitative estimate of drug-likeness (QED) is 0.712. The molecule has 14 heavy (non-hydrogen) atoms. The van der Waals surface area contributed by atoms with E-state index in [-0.39, 0.29) is 0 Å². The first-order valence-electron chi connectivity index (χ1n) is 4.85. The van der Waals surface area contributed by atoms with Gasteiger partial charge in [0.15, 0.2) is 5.69 Å². The zero-order valence-electron chi connectivity index (χ0n) is 7.96. The molecule has 2 rings (SSSR count). The van der Waals surface area contributed by atoms with Crippen LogP contribution in [0.25, 0.3) is 0 Å². The van der Waals surface area contributed by atoms with Crippen molar-refractivity contribution in [2.24, 2.45) is 0 Å². The van der Waals surface area contributed by atoms with Crippen molar-refractivity contribution in [3.05, 3.63) is 11.5 Å². The number of aromatic amines is 1. The van der Waals surface area contributed by atoms with E-state index in [1.807, 2.05) is 0 Å². The van der Waals surface area contributed by atoms with Gasteiger partial charge in [0.2, 0.25) is 17.3 Å². The number of nitrogens with one attached hydrogen (secondary N) is 1. The summed E-state index contributed by atoms with van der Waals surface area (Å²) in [5, 5.41) is 0.379. The Bertz CT molecular complexity index is 323. The highest BCUT2D eigenvalue weighted by atomic mass is 35.5. The van der Waals surface area contributed by atoms with Crippen molar-refractivity contribution in [1.29, 1.82) is 0 Å². The number of halogens is 1. The van der Waals surface area contributed by atoms with Gasteiger partial charge in [-0.05, 0) is 30.9 Å². The molecule has 1 fully saturated rings. The Morgan fingerprint density at radius 2 is 2.07 bits per heavy atom. The smallest absolute Gasteiger partial charge is 0.249 e. The molecule has 0 spiro atoms. The van der Waals surface area contributed by atoms with Gasteiger partial charge in [-0.25, -0.2) is 4.98 Å². The number of nitrogens with zero attached hydrogens (tertiary/aromatic N) is 2. The van der Waals surface area contributed by atoms with Gasteiger partial charge in [0.05, 0.1) is 13.1 Å². The molecular formula is C9H14ClN4+. The predicted molar refractivity (Wildman–Crippen MR) is 56.3 cm³/mol. The maximum atomic E-state index is 5.85. The lowest BCUT2D eigenvalue weighted by Crippen LogP contribution is -2.35. The van der Waals surface area contributed by atoms with Crippen LogP contribution in [0.5, 0.6) is 0 Å². The van der Waals surface area contributed by atoms with E-state index < -0.39 is 0 Å². The largest absolute Gasteiger partial charge is 0.390 e. The molecule has 5 heteroatoms. The number of hydrogen-bond donors (Lipinski definition) is 1. The summed E-state index contributed by atoms with van der Waals surface area (Å²) in [6.45, 7) is 2.09. The molecule has 0 unspecified atom stereocenters. The minimum Gasteiger partial charge on any atom is -0.390 e. The molecule has 0 amide bonds. The summed E-state index contributed by atoms with van der Waals surface area (Å²) in [5.41, 5.74) is 6.40. The molecule has 0 bridgehead atoms. The van der Waals surface area contributed by atoms with Crippen LogP contribution in [0.1, 0.15) is 19.3 Å². The van der Waals surface area contributed by atoms with Gasteiger partial charge in [-0.3, -0.25) is 4.90 Å². The molecule has 1 aliphatic rings. The first-order valence-corrected chi connectivity index (χ1v) is 5.23.